The summed E-state index contributed by atoms with van der Waals surface area (Å²) < 4.78 is 5.02. The van der Waals surface area contributed by atoms with Gasteiger partial charge in [-0.3, -0.25) is 87.3 Å². The van der Waals surface area contributed by atoms with Gasteiger partial charge >= 0.3 is 12.0 Å². The number of alkyl carbamates (subject to hydrolysis) is 1. The third kappa shape index (κ3) is 39.7. The normalized spacial score (nSPS) is 15.2. The van der Waals surface area contributed by atoms with Crippen molar-refractivity contribution >= 4 is 101 Å². The number of ether oxygens (including phenoxy) is 1. The van der Waals surface area contributed by atoms with E-state index in [4.69, 9.17) is 10.6 Å². The summed E-state index contributed by atoms with van der Waals surface area (Å²) in [5.41, 5.74) is 19.0. The molecule has 2 unspecified atom stereocenters. The zero-order valence-corrected chi connectivity index (χ0v) is 59.5. The molecule has 0 saturated carbocycles. The molecule has 2 atom stereocenters. The van der Waals surface area contributed by atoms with Crippen LogP contribution in [-0.4, -0.2) is 220 Å². The predicted octanol–water partition coefficient (Wildman–Crippen LogP) is 3.19. The van der Waals surface area contributed by atoms with Gasteiger partial charge in [-0.15, -0.1) is 4.59 Å². The molecule has 0 bridgehead atoms. The zero-order valence-electron chi connectivity index (χ0n) is 54.7. The number of nitrogens with zero attached hydrogens (tertiary/aromatic N) is 8. The maximum Gasteiger partial charge on any atom is 0.412 e. The third-order valence-electron chi connectivity index (χ3n) is 11.4. The van der Waals surface area contributed by atoms with Crippen molar-refractivity contribution in [3.05, 3.63) is 0 Å². The number of carbonyl (C=O) groups is 9. The Hall–Kier alpha value is -3.69. The molecule has 0 radical (unpaired) electrons. The van der Waals surface area contributed by atoms with Crippen LogP contribution in [0.4, 0.5) is 4.79 Å². The standard InChI is InChI=1S/C19H39BrN6O3.C18H37BrN6O3.C18H34BrN5O4/c1-14(2)9-24(21-7)12-18(28)22-25(10-15(3)4)13-19(29)26(11-16(5)6)23-17(27)8-20;1-13(2)8-23(20)11-17(27)21-24(9-14(3)4)12-18(28)25(10-15(5)6)22-16(26)7-19;1-13(2)11-23(20-6)12-16(26)24(22-15(25)10-19)9-7-8-14(24)21-17(27)28-18(3,4)5/h14-16,21H,8-13H2,1-7H3,(H,22,28)(H,23,27);13-15H,7-12,20H2,1-6H3,(H,21,27)(H,22,26);13-14,20H,7-12H2,1-6H3,(H-,21,22,25,27)/p+1. The zero-order chi connectivity index (χ0) is 65.9. The van der Waals surface area contributed by atoms with E-state index in [2.05, 4.69) is 119 Å². The van der Waals surface area contributed by atoms with E-state index in [1.807, 2.05) is 79.3 Å². The van der Waals surface area contributed by atoms with Crippen molar-refractivity contribution in [2.24, 2.45) is 47.3 Å². The lowest BCUT2D eigenvalue weighted by molar-refractivity contribution is -0.903. The van der Waals surface area contributed by atoms with Crippen molar-refractivity contribution in [1.29, 1.82) is 0 Å². The first-order valence-corrected chi connectivity index (χ1v) is 32.7. The number of rotatable bonds is 32. The Bertz CT molecular complexity index is 2020. The predicted molar refractivity (Wildman–Crippen MR) is 342 cm³/mol. The van der Waals surface area contributed by atoms with Crippen molar-refractivity contribution in [2.75, 3.05) is 115 Å². The summed E-state index contributed by atoms with van der Waals surface area (Å²) >= 11 is 9.31. The second kappa shape index (κ2) is 43.9. The molecule has 496 valence electrons. The van der Waals surface area contributed by atoms with E-state index in [0.29, 0.717) is 76.4 Å². The van der Waals surface area contributed by atoms with Crippen LogP contribution in [0.3, 0.4) is 0 Å². The molecular formula is C55H111Br3N17O10+. The van der Waals surface area contributed by atoms with Crippen LogP contribution in [0, 0.1) is 41.4 Å². The van der Waals surface area contributed by atoms with Gasteiger partial charge in [-0.1, -0.05) is 145 Å². The Balaban J connectivity index is 0. The quantitative estimate of drug-likeness (QED) is 0.0202. The minimum absolute atomic E-state index is 0.0249. The summed E-state index contributed by atoms with van der Waals surface area (Å²) in [7, 11) is 3.54. The summed E-state index contributed by atoms with van der Waals surface area (Å²) in [6.45, 7) is 38.0. The fourth-order valence-electron chi connectivity index (χ4n) is 8.43. The van der Waals surface area contributed by atoms with Gasteiger partial charge in [0.05, 0.1) is 42.2 Å². The second-order valence-electron chi connectivity index (χ2n) is 25.0. The highest BCUT2D eigenvalue weighted by atomic mass is 79.9. The summed E-state index contributed by atoms with van der Waals surface area (Å²) in [5.74, 6) is 5.64. The molecule has 1 fully saturated rings. The minimum atomic E-state index is -0.651. The highest BCUT2D eigenvalue weighted by molar-refractivity contribution is 9.09. The number of amides is 9. The second-order valence-corrected chi connectivity index (χ2v) is 26.7. The van der Waals surface area contributed by atoms with Gasteiger partial charge in [-0.05, 0) is 76.3 Å². The van der Waals surface area contributed by atoms with E-state index >= 15 is 0 Å². The summed E-state index contributed by atoms with van der Waals surface area (Å²) in [6, 6.07) is 0. The smallest absolute Gasteiger partial charge is 0.412 e. The number of hydrogen-bond donors (Lipinski definition) is 9. The Morgan fingerprint density at radius 3 is 1.21 bits per heavy atom. The number of hydrazine groups is 7. The van der Waals surface area contributed by atoms with Crippen LogP contribution in [0.5, 0.6) is 0 Å². The van der Waals surface area contributed by atoms with Gasteiger partial charge < -0.3 is 4.74 Å². The molecule has 1 aliphatic rings. The first kappa shape index (κ1) is 83.4. The largest absolute Gasteiger partial charge is 0.444 e. The van der Waals surface area contributed by atoms with Crippen LogP contribution in [0.15, 0.2) is 0 Å². The lowest BCUT2D eigenvalue weighted by Crippen LogP contribution is -2.72. The van der Waals surface area contributed by atoms with Crippen molar-refractivity contribution in [3.8, 4) is 0 Å². The highest BCUT2D eigenvalue weighted by Gasteiger charge is 2.51. The molecule has 0 aromatic carbocycles. The van der Waals surface area contributed by atoms with Gasteiger partial charge in [0.25, 0.3) is 17.7 Å². The van der Waals surface area contributed by atoms with Gasteiger partial charge in [-0.2, -0.15) is 5.43 Å². The van der Waals surface area contributed by atoms with Gasteiger partial charge in [0.1, 0.15) is 18.7 Å². The van der Waals surface area contributed by atoms with Crippen LogP contribution >= 0.6 is 47.8 Å². The number of halogens is 3. The Labute approximate surface area is 533 Å². The SMILES string of the molecule is CC(C)CN(N)CC(=O)NN(CC(=O)N(CC(C)C)NC(=O)CBr)CC(C)C.CNN(CC(=O)NN(CC(=O)N(CC(C)C)NC(=O)CBr)CC(C)C)CC(C)C.CNN(CC(=O)[N+]1(NC(=O)CBr)CCCC1NC(=O)OC(C)(C)C)CC(C)C. The molecule has 0 aromatic rings. The van der Waals surface area contributed by atoms with Crippen LogP contribution in [0.2, 0.25) is 0 Å². The first-order valence-electron chi connectivity index (χ1n) is 29.4. The Morgan fingerprint density at radius 1 is 0.494 bits per heavy atom. The van der Waals surface area contributed by atoms with Gasteiger partial charge in [-0.25, -0.2) is 34.6 Å². The molecule has 0 spiro atoms. The molecule has 30 heteroatoms. The van der Waals surface area contributed by atoms with Crippen molar-refractivity contribution < 1.29 is 52.5 Å². The van der Waals surface area contributed by atoms with E-state index in [1.54, 1.807) is 44.9 Å². The van der Waals surface area contributed by atoms with Crippen molar-refractivity contribution in [1.82, 2.24) is 78.4 Å². The number of nitrogens with one attached hydrogen (secondary N) is 8. The lowest BCUT2D eigenvalue weighted by Gasteiger charge is -2.37. The maximum absolute atomic E-state index is 13.3. The molecule has 1 rings (SSSR count). The molecular weight excluding hydrogens is 1300 g/mol. The van der Waals surface area contributed by atoms with Crippen molar-refractivity contribution in [3.63, 3.8) is 0 Å². The van der Waals surface area contributed by atoms with E-state index in [0.717, 1.165) is 6.54 Å². The molecule has 9 amide bonds. The molecule has 27 nitrogen and oxygen atoms in total. The highest BCUT2D eigenvalue weighted by Crippen LogP contribution is 2.25. The Kier molecular flexibility index (Phi) is 43.0. The van der Waals surface area contributed by atoms with Crippen LogP contribution in [0.1, 0.15) is 131 Å². The van der Waals surface area contributed by atoms with Crippen molar-refractivity contribution in [2.45, 2.75) is 142 Å². The minimum Gasteiger partial charge on any atom is -0.444 e. The Morgan fingerprint density at radius 2 is 0.859 bits per heavy atom. The summed E-state index contributed by atoms with van der Waals surface area (Å²) in [6.07, 6.45) is 0.0778. The molecule has 1 heterocycles. The van der Waals surface area contributed by atoms with Gasteiger partial charge in [0, 0.05) is 58.7 Å². The topological polar surface area (TPSA) is 308 Å². The van der Waals surface area contributed by atoms with Gasteiger partial charge in [0.2, 0.25) is 23.6 Å². The summed E-state index contributed by atoms with van der Waals surface area (Å²) in [5, 5.41) is 14.0. The van der Waals surface area contributed by atoms with Crippen LogP contribution in [0.25, 0.3) is 0 Å². The van der Waals surface area contributed by atoms with E-state index in [9.17, 15) is 43.2 Å². The fourth-order valence-corrected chi connectivity index (χ4v) is 8.80. The monoisotopic (exact) mass is 1410 g/mol. The number of alkyl halides is 3. The molecule has 10 N–H and O–H groups in total. The average Bonchev–Trinajstić information content (AvgIpc) is 2.92. The number of likely N-dealkylation sites (tertiary alicyclic amines) is 1. The lowest BCUT2D eigenvalue weighted by atomic mass is 10.2. The maximum atomic E-state index is 13.3. The fraction of sp³-hybridized carbons (Fsp3) is 0.836. The third-order valence-corrected chi connectivity index (χ3v) is 12.9. The molecule has 0 aromatic heterocycles. The molecule has 1 saturated heterocycles. The number of nitrogens with two attached hydrogens (primary N) is 1. The van der Waals surface area contributed by atoms with E-state index in [1.165, 1.54) is 15.0 Å². The van der Waals surface area contributed by atoms with Gasteiger partial charge in [0.15, 0.2) is 6.17 Å². The molecule has 0 aliphatic carbocycles. The van der Waals surface area contributed by atoms with E-state index < -0.39 is 17.9 Å². The first-order chi connectivity index (χ1) is 39.3. The van der Waals surface area contributed by atoms with Crippen LogP contribution in [-0.2, 0) is 43.1 Å². The number of carbonyl (C=O) groups excluding carboxylic acids is 9. The number of hydrogen-bond acceptors (Lipinski definition) is 18. The molecule has 85 heavy (non-hydrogen) atoms. The summed E-state index contributed by atoms with van der Waals surface area (Å²) in [4.78, 5) is 112. The van der Waals surface area contributed by atoms with Crippen LogP contribution < -0.4 is 49.1 Å². The molecule has 1 aliphatic heterocycles. The van der Waals surface area contributed by atoms with E-state index in [-0.39, 0.29) is 124 Å². The number of quaternary nitrogens is 1. The average molecular weight is 1410 g/mol.